The summed E-state index contributed by atoms with van der Waals surface area (Å²) in [7, 11) is 0. The predicted molar refractivity (Wildman–Crippen MR) is 123 cm³/mol. The Labute approximate surface area is 188 Å². The lowest BCUT2D eigenvalue weighted by molar-refractivity contribution is -0.136. The Morgan fingerprint density at radius 2 is 1.84 bits per heavy atom. The summed E-state index contributed by atoms with van der Waals surface area (Å²) in [6.07, 6.45) is 1.64. The van der Waals surface area contributed by atoms with Gasteiger partial charge >= 0.3 is 11.8 Å². The van der Waals surface area contributed by atoms with Gasteiger partial charge in [-0.1, -0.05) is 29.8 Å². The second-order valence-electron chi connectivity index (χ2n) is 7.14. The first kappa shape index (κ1) is 21.1. The van der Waals surface area contributed by atoms with Gasteiger partial charge in [0.25, 0.3) is 5.91 Å². The Balaban J connectivity index is 1.40. The van der Waals surface area contributed by atoms with Gasteiger partial charge in [0.05, 0.1) is 4.88 Å². The van der Waals surface area contributed by atoms with E-state index in [-0.39, 0.29) is 12.5 Å². The van der Waals surface area contributed by atoms with Crippen molar-refractivity contribution >= 4 is 52.0 Å². The Morgan fingerprint density at radius 1 is 1.03 bits per heavy atom. The number of carbonyl (C=O) groups is 3. The third-order valence-electron chi connectivity index (χ3n) is 5.01. The standard InChI is InChI=1S/C23H20ClN3O3S/c24-17-7-5-15(6-8-17)14-25-21(28)22(29)26-18-9-10-19-16(13-18)3-1-11-27(19)23(30)20-4-2-12-31-20/h2,4-10,12-13H,1,3,11,14H2,(H,25,28)(H,26,29). The SMILES string of the molecule is O=C(NCc1ccc(Cl)cc1)C(=O)Nc1ccc2c(c1)CCCN2C(=O)c1cccs1. The molecule has 2 aromatic carbocycles. The summed E-state index contributed by atoms with van der Waals surface area (Å²) in [4.78, 5) is 39.7. The fraction of sp³-hybridized carbons (Fsp3) is 0.174. The van der Waals surface area contributed by atoms with Gasteiger partial charge in [-0.25, -0.2) is 0 Å². The van der Waals surface area contributed by atoms with Crippen LogP contribution in [0.3, 0.4) is 0 Å². The molecule has 0 bridgehead atoms. The van der Waals surface area contributed by atoms with Gasteiger partial charge < -0.3 is 15.5 Å². The molecule has 0 unspecified atom stereocenters. The van der Waals surface area contributed by atoms with Crippen LogP contribution in [0.2, 0.25) is 5.02 Å². The minimum atomic E-state index is -0.740. The van der Waals surface area contributed by atoms with Crippen LogP contribution < -0.4 is 15.5 Å². The topological polar surface area (TPSA) is 78.5 Å². The minimum absolute atomic E-state index is 0.0192. The smallest absolute Gasteiger partial charge is 0.313 e. The van der Waals surface area contributed by atoms with Crippen molar-refractivity contribution in [3.63, 3.8) is 0 Å². The van der Waals surface area contributed by atoms with Gasteiger partial charge in [-0.15, -0.1) is 11.3 Å². The lowest BCUT2D eigenvalue weighted by atomic mass is 10.0. The molecule has 0 spiro atoms. The number of anilines is 2. The Bertz CT molecular complexity index is 1110. The third-order valence-corrected chi connectivity index (χ3v) is 6.12. The largest absolute Gasteiger partial charge is 0.344 e. The molecular weight excluding hydrogens is 434 g/mol. The van der Waals surface area contributed by atoms with Gasteiger partial charge in [-0.2, -0.15) is 0 Å². The number of nitrogens with zero attached hydrogens (tertiary/aromatic N) is 1. The van der Waals surface area contributed by atoms with Crippen LogP contribution in [0, 0.1) is 0 Å². The first-order chi connectivity index (χ1) is 15.0. The van der Waals surface area contributed by atoms with Crippen molar-refractivity contribution < 1.29 is 14.4 Å². The van der Waals surface area contributed by atoms with Gasteiger partial charge in [-0.3, -0.25) is 14.4 Å². The summed E-state index contributed by atoms with van der Waals surface area (Å²) >= 11 is 7.26. The molecular formula is C23H20ClN3O3S. The number of rotatable bonds is 4. The lowest BCUT2D eigenvalue weighted by Crippen LogP contribution is -2.36. The quantitative estimate of drug-likeness (QED) is 0.579. The van der Waals surface area contributed by atoms with E-state index in [2.05, 4.69) is 10.6 Å². The number of hydrogen-bond acceptors (Lipinski definition) is 4. The Morgan fingerprint density at radius 3 is 2.58 bits per heavy atom. The summed E-state index contributed by atoms with van der Waals surface area (Å²) in [5.41, 5.74) is 3.18. The molecule has 2 N–H and O–H groups in total. The van der Waals surface area contributed by atoms with Crippen LogP contribution in [-0.4, -0.2) is 24.3 Å². The molecule has 1 aromatic heterocycles. The van der Waals surface area contributed by atoms with E-state index in [1.807, 2.05) is 29.6 Å². The van der Waals surface area contributed by atoms with Crippen LogP contribution >= 0.6 is 22.9 Å². The molecule has 0 radical (unpaired) electrons. The molecule has 31 heavy (non-hydrogen) atoms. The highest BCUT2D eigenvalue weighted by Crippen LogP contribution is 2.31. The van der Waals surface area contributed by atoms with E-state index < -0.39 is 11.8 Å². The zero-order chi connectivity index (χ0) is 21.8. The fourth-order valence-electron chi connectivity index (χ4n) is 3.47. The molecule has 0 aliphatic carbocycles. The van der Waals surface area contributed by atoms with Crippen molar-refractivity contribution in [1.82, 2.24) is 5.32 Å². The van der Waals surface area contributed by atoms with Crippen LogP contribution in [0.1, 0.15) is 27.2 Å². The zero-order valence-electron chi connectivity index (χ0n) is 16.6. The van der Waals surface area contributed by atoms with E-state index in [1.165, 1.54) is 11.3 Å². The Kier molecular flexibility index (Phi) is 6.34. The number of carbonyl (C=O) groups excluding carboxylic acids is 3. The van der Waals surface area contributed by atoms with Crippen molar-refractivity contribution in [3.8, 4) is 0 Å². The van der Waals surface area contributed by atoms with Crippen molar-refractivity contribution in [2.75, 3.05) is 16.8 Å². The Hall–Kier alpha value is -3.16. The fourth-order valence-corrected chi connectivity index (χ4v) is 4.27. The van der Waals surface area contributed by atoms with Gasteiger partial charge in [0.2, 0.25) is 0 Å². The van der Waals surface area contributed by atoms with E-state index in [4.69, 9.17) is 11.6 Å². The summed E-state index contributed by atoms with van der Waals surface area (Å²) in [5.74, 6) is -1.48. The maximum absolute atomic E-state index is 12.8. The molecule has 3 aromatic rings. The molecule has 8 heteroatoms. The molecule has 0 fully saturated rings. The summed E-state index contributed by atoms with van der Waals surface area (Å²) in [5, 5.41) is 7.72. The number of amides is 3. The van der Waals surface area contributed by atoms with Gasteiger partial charge in [0.1, 0.15) is 0 Å². The van der Waals surface area contributed by atoms with Crippen molar-refractivity contribution in [2.24, 2.45) is 0 Å². The number of thiophene rings is 1. The number of fused-ring (bicyclic) bond motifs is 1. The maximum atomic E-state index is 12.8. The normalized spacial score (nSPS) is 12.7. The first-order valence-corrected chi connectivity index (χ1v) is 11.1. The highest BCUT2D eigenvalue weighted by atomic mass is 35.5. The highest BCUT2D eigenvalue weighted by molar-refractivity contribution is 7.12. The number of aryl methyl sites for hydroxylation is 1. The van der Waals surface area contributed by atoms with Crippen LogP contribution in [0.5, 0.6) is 0 Å². The molecule has 3 amide bonds. The van der Waals surface area contributed by atoms with E-state index in [9.17, 15) is 14.4 Å². The molecule has 1 aliphatic heterocycles. The third kappa shape index (κ3) is 4.95. The maximum Gasteiger partial charge on any atom is 0.313 e. The molecule has 2 heterocycles. The van der Waals surface area contributed by atoms with Crippen LogP contribution in [0.4, 0.5) is 11.4 Å². The van der Waals surface area contributed by atoms with E-state index >= 15 is 0 Å². The van der Waals surface area contributed by atoms with Crippen molar-refractivity contribution in [2.45, 2.75) is 19.4 Å². The average molecular weight is 454 g/mol. The zero-order valence-corrected chi connectivity index (χ0v) is 18.1. The molecule has 6 nitrogen and oxygen atoms in total. The van der Waals surface area contributed by atoms with Gasteiger partial charge in [-0.05, 0) is 65.7 Å². The van der Waals surface area contributed by atoms with Crippen LogP contribution in [0.15, 0.2) is 60.0 Å². The summed E-state index contributed by atoms with van der Waals surface area (Å²) < 4.78 is 0. The van der Waals surface area contributed by atoms with E-state index in [0.717, 1.165) is 29.7 Å². The monoisotopic (exact) mass is 453 g/mol. The lowest BCUT2D eigenvalue weighted by Gasteiger charge is -2.29. The van der Waals surface area contributed by atoms with Crippen LogP contribution in [-0.2, 0) is 22.6 Å². The molecule has 4 rings (SSSR count). The molecule has 1 aliphatic rings. The number of nitrogens with one attached hydrogen (secondary N) is 2. The second kappa shape index (κ2) is 9.32. The van der Waals surface area contributed by atoms with E-state index in [0.29, 0.717) is 22.1 Å². The van der Waals surface area contributed by atoms with Gasteiger partial charge in [0.15, 0.2) is 0 Å². The molecule has 0 atom stereocenters. The van der Waals surface area contributed by atoms with Crippen LogP contribution in [0.25, 0.3) is 0 Å². The number of halogens is 1. The molecule has 0 saturated heterocycles. The molecule has 0 saturated carbocycles. The predicted octanol–water partition coefficient (Wildman–Crippen LogP) is 4.25. The highest BCUT2D eigenvalue weighted by Gasteiger charge is 2.24. The number of hydrogen-bond donors (Lipinski definition) is 2. The van der Waals surface area contributed by atoms with Gasteiger partial charge in [0, 0.05) is 29.5 Å². The summed E-state index contributed by atoms with van der Waals surface area (Å²) in [6.45, 7) is 0.885. The van der Waals surface area contributed by atoms with Crippen molar-refractivity contribution in [1.29, 1.82) is 0 Å². The number of benzene rings is 2. The summed E-state index contributed by atoms with van der Waals surface area (Å²) in [6, 6.07) is 16.1. The molecule has 158 valence electrons. The average Bonchev–Trinajstić information content (AvgIpc) is 3.32. The van der Waals surface area contributed by atoms with Crippen molar-refractivity contribution in [3.05, 3.63) is 81.0 Å². The van der Waals surface area contributed by atoms with E-state index in [1.54, 1.807) is 35.2 Å². The second-order valence-corrected chi connectivity index (χ2v) is 8.53. The minimum Gasteiger partial charge on any atom is -0.344 e. The first-order valence-electron chi connectivity index (χ1n) is 9.83.